The van der Waals surface area contributed by atoms with E-state index in [1.807, 2.05) is 11.8 Å². The predicted octanol–water partition coefficient (Wildman–Crippen LogP) is 1.51. The van der Waals surface area contributed by atoms with Crippen LogP contribution in [-0.2, 0) is 0 Å². The lowest BCUT2D eigenvalue weighted by molar-refractivity contribution is 0.0785. The van der Waals surface area contributed by atoms with Gasteiger partial charge in [-0.05, 0) is 38.3 Å². The maximum Gasteiger partial charge on any atom is 0.254 e. The molecule has 18 heavy (non-hydrogen) atoms. The van der Waals surface area contributed by atoms with Crippen LogP contribution in [0.2, 0.25) is 0 Å². The number of amides is 1. The summed E-state index contributed by atoms with van der Waals surface area (Å²) < 4.78 is 0. The Labute approximate surface area is 107 Å². The van der Waals surface area contributed by atoms with E-state index in [0.29, 0.717) is 23.6 Å². The minimum absolute atomic E-state index is 0.00782. The molecule has 0 radical (unpaired) electrons. The van der Waals surface area contributed by atoms with Crippen LogP contribution in [0.3, 0.4) is 0 Å². The molecule has 1 aliphatic heterocycles. The molecule has 0 saturated carbocycles. The van der Waals surface area contributed by atoms with Crippen LogP contribution in [-0.4, -0.2) is 35.0 Å². The third-order valence-electron chi connectivity index (χ3n) is 3.79. The minimum Gasteiger partial charge on any atom is -0.508 e. The van der Waals surface area contributed by atoms with Crippen molar-refractivity contribution in [3.05, 3.63) is 29.3 Å². The quantitative estimate of drug-likeness (QED) is 0.833. The van der Waals surface area contributed by atoms with E-state index >= 15 is 0 Å². The van der Waals surface area contributed by atoms with Crippen LogP contribution < -0.4 is 5.73 Å². The van der Waals surface area contributed by atoms with Gasteiger partial charge in [-0.2, -0.15) is 0 Å². The molecule has 0 aromatic heterocycles. The van der Waals surface area contributed by atoms with Gasteiger partial charge in [0.1, 0.15) is 5.75 Å². The number of likely N-dealkylation sites (tertiary alicyclic amines) is 1. The van der Waals surface area contributed by atoms with Gasteiger partial charge in [-0.3, -0.25) is 4.79 Å². The Morgan fingerprint density at radius 1 is 1.56 bits per heavy atom. The van der Waals surface area contributed by atoms with Gasteiger partial charge in [0.05, 0.1) is 0 Å². The van der Waals surface area contributed by atoms with Gasteiger partial charge < -0.3 is 15.7 Å². The molecule has 0 spiro atoms. The van der Waals surface area contributed by atoms with Gasteiger partial charge in [0, 0.05) is 30.3 Å². The number of phenolic OH excluding ortho intramolecular Hbond substituents is 1. The molecule has 1 saturated heterocycles. The van der Waals surface area contributed by atoms with E-state index in [9.17, 15) is 9.90 Å². The van der Waals surface area contributed by atoms with Crippen LogP contribution in [0.4, 0.5) is 0 Å². The molecule has 98 valence electrons. The van der Waals surface area contributed by atoms with Crippen molar-refractivity contribution in [1.29, 1.82) is 0 Å². The molecule has 3 N–H and O–H groups in total. The van der Waals surface area contributed by atoms with Crippen LogP contribution in [0.15, 0.2) is 18.2 Å². The SMILES string of the molecule is Cc1c(O)cccc1C(=O)N1CCC(C(C)N)C1. The summed E-state index contributed by atoms with van der Waals surface area (Å²) in [6.07, 6.45) is 0.960. The topological polar surface area (TPSA) is 66.6 Å². The summed E-state index contributed by atoms with van der Waals surface area (Å²) in [7, 11) is 0. The number of carbonyl (C=O) groups excluding carboxylic acids is 1. The number of rotatable bonds is 2. The number of phenols is 1. The maximum atomic E-state index is 12.4. The Morgan fingerprint density at radius 2 is 2.28 bits per heavy atom. The van der Waals surface area contributed by atoms with E-state index in [2.05, 4.69) is 0 Å². The zero-order valence-corrected chi connectivity index (χ0v) is 10.9. The van der Waals surface area contributed by atoms with Crippen LogP contribution in [0.1, 0.15) is 29.3 Å². The molecular formula is C14H20N2O2. The van der Waals surface area contributed by atoms with Gasteiger partial charge in [0.25, 0.3) is 5.91 Å². The zero-order valence-electron chi connectivity index (χ0n) is 10.9. The second-order valence-electron chi connectivity index (χ2n) is 5.11. The van der Waals surface area contributed by atoms with Gasteiger partial charge in [0.2, 0.25) is 0 Å². The first-order valence-electron chi connectivity index (χ1n) is 6.34. The monoisotopic (exact) mass is 248 g/mol. The van der Waals surface area contributed by atoms with Crippen LogP contribution >= 0.6 is 0 Å². The summed E-state index contributed by atoms with van der Waals surface area (Å²) in [6.45, 7) is 5.21. The van der Waals surface area contributed by atoms with Gasteiger partial charge in [-0.15, -0.1) is 0 Å². The van der Waals surface area contributed by atoms with E-state index in [1.165, 1.54) is 0 Å². The van der Waals surface area contributed by atoms with E-state index in [4.69, 9.17) is 5.73 Å². The summed E-state index contributed by atoms with van der Waals surface area (Å²) in [6, 6.07) is 5.18. The number of nitrogens with zero attached hydrogens (tertiary/aromatic N) is 1. The lowest BCUT2D eigenvalue weighted by atomic mass is 10.0. The molecule has 2 atom stereocenters. The Balaban J connectivity index is 2.16. The number of nitrogens with two attached hydrogens (primary N) is 1. The molecule has 1 amide bonds. The molecule has 1 aromatic rings. The largest absolute Gasteiger partial charge is 0.508 e. The molecule has 1 heterocycles. The lowest BCUT2D eigenvalue weighted by Crippen LogP contribution is -2.33. The normalized spacial score (nSPS) is 21.1. The smallest absolute Gasteiger partial charge is 0.254 e. The molecule has 1 aliphatic rings. The van der Waals surface area contributed by atoms with E-state index < -0.39 is 0 Å². The summed E-state index contributed by atoms with van der Waals surface area (Å²) in [5.74, 6) is 0.543. The van der Waals surface area contributed by atoms with E-state index in [0.717, 1.165) is 13.0 Å². The molecule has 0 aliphatic carbocycles. The zero-order chi connectivity index (χ0) is 13.3. The number of benzene rings is 1. The molecule has 0 bridgehead atoms. The average molecular weight is 248 g/mol. The van der Waals surface area contributed by atoms with Crippen LogP contribution in [0.25, 0.3) is 0 Å². The first-order chi connectivity index (χ1) is 8.50. The molecular weight excluding hydrogens is 228 g/mol. The van der Waals surface area contributed by atoms with Crippen molar-refractivity contribution >= 4 is 5.91 Å². The molecule has 1 aromatic carbocycles. The molecule has 4 nitrogen and oxygen atoms in total. The second-order valence-corrected chi connectivity index (χ2v) is 5.11. The second kappa shape index (κ2) is 4.98. The van der Waals surface area contributed by atoms with Crippen molar-refractivity contribution in [3.8, 4) is 5.75 Å². The Morgan fingerprint density at radius 3 is 2.89 bits per heavy atom. The van der Waals surface area contributed by atoms with E-state index in [-0.39, 0.29) is 17.7 Å². The highest BCUT2D eigenvalue weighted by Gasteiger charge is 2.29. The number of aromatic hydroxyl groups is 1. The van der Waals surface area contributed by atoms with E-state index in [1.54, 1.807) is 25.1 Å². The van der Waals surface area contributed by atoms with Gasteiger partial charge in [-0.1, -0.05) is 6.07 Å². The molecule has 4 heteroatoms. The summed E-state index contributed by atoms with van der Waals surface area (Å²) >= 11 is 0. The first kappa shape index (κ1) is 12.9. The number of carbonyl (C=O) groups is 1. The van der Waals surface area contributed by atoms with Crippen LogP contribution in [0.5, 0.6) is 5.75 Å². The third kappa shape index (κ3) is 2.34. The molecule has 2 unspecified atom stereocenters. The first-order valence-corrected chi connectivity index (χ1v) is 6.34. The highest BCUT2D eigenvalue weighted by Crippen LogP contribution is 2.25. The van der Waals surface area contributed by atoms with Crippen molar-refractivity contribution in [1.82, 2.24) is 4.90 Å². The summed E-state index contributed by atoms with van der Waals surface area (Å²) in [5, 5.41) is 9.64. The van der Waals surface area contributed by atoms with Gasteiger partial charge in [0.15, 0.2) is 0 Å². The fourth-order valence-corrected chi connectivity index (χ4v) is 2.43. The number of hydrogen-bond acceptors (Lipinski definition) is 3. The van der Waals surface area contributed by atoms with Crippen LogP contribution in [0, 0.1) is 12.8 Å². The third-order valence-corrected chi connectivity index (χ3v) is 3.79. The number of hydrogen-bond donors (Lipinski definition) is 2. The highest BCUT2D eigenvalue weighted by atomic mass is 16.3. The van der Waals surface area contributed by atoms with Crippen molar-refractivity contribution < 1.29 is 9.90 Å². The minimum atomic E-state index is -0.00782. The fourth-order valence-electron chi connectivity index (χ4n) is 2.43. The molecule has 1 fully saturated rings. The van der Waals surface area contributed by atoms with Crippen molar-refractivity contribution in [2.45, 2.75) is 26.3 Å². The standard InChI is InChI=1S/C14H20N2O2/c1-9-12(4-3-5-13(9)17)14(18)16-7-6-11(8-16)10(2)15/h3-5,10-11,17H,6-8,15H2,1-2H3. The summed E-state index contributed by atoms with van der Waals surface area (Å²) in [5.41, 5.74) is 7.10. The van der Waals surface area contributed by atoms with Gasteiger partial charge in [-0.25, -0.2) is 0 Å². The van der Waals surface area contributed by atoms with Gasteiger partial charge >= 0.3 is 0 Å². The highest BCUT2D eigenvalue weighted by molar-refractivity contribution is 5.96. The fraction of sp³-hybridized carbons (Fsp3) is 0.500. The Kier molecular flexibility index (Phi) is 3.57. The lowest BCUT2D eigenvalue weighted by Gasteiger charge is -2.19. The van der Waals surface area contributed by atoms with Crippen molar-refractivity contribution in [3.63, 3.8) is 0 Å². The molecule has 2 rings (SSSR count). The average Bonchev–Trinajstić information content (AvgIpc) is 2.81. The maximum absolute atomic E-state index is 12.4. The predicted molar refractivity (Wildman–Crippen MR) is 70.5 cm³/mol. The van der Waals surface area contributed by atoms with Crippen molar-refractivity contribution in [2.75, 3.05) is 13.1 Å². The van der Waals surface area contributed by atoms with Crippen molar-refractivity contribution in [2.24, 2.45) is 11.7 Å². The Bertz CT molecular complexity index is 457. The Hall–Kier alpha value is -1.55. The summed E-state index contributed by atoms with van der Waals surface area (Å²) in [4.78, 5) is 14.2.